The molecule has 0 radical (unpaired) electrons. The molecule has 138 valence electrons. The van der Waals surface area contributed by atoms with Crippen molar-refractivity contribution in [3.63, 3.8) is 0 Å². The lowest BCUT2D eigenvalue weighted by Gasteiger charge is -2.29. The number of pyridine rings is 1. The van der Waals surface area contributed by atoms with Crippen LogP contribution in [0.4, 0.5) is 11.5 Å². The van der Waals surface area contributed by atoms with Crippen molar-refractivity contribution in [1.82, 2.24) is 4.98 Å². The molecule has 1 heterocycles. The van der Waals surface area contributed by atoms with Gasteiger partial charge in [0.25, 0.3) is 0 Å². The minimum absolute atomic E-state index is 0.0635. The van der Waals surface area contributed by atoms with E-state index in [1.807, 2.05) is 54.7 Å². The summed E-state index contributed by atoms with van der Waals surface area (Å²) < 4.78 is 0. The van der Waals surface area contributed by atoms with Crippen molar-refractivity contribution in [3.8, 4) is 0 Å². The number of rotatable bonds is 7. The van der Waals surface area contributed by atoms with Crippen LogP contribution in [0.5, 0.6) is 0 Å². The Morgan fingerprint density at radius 3 is 2.11 bits per heavy atom. The Morgan fingerprint density at radius 2 is 1.56 bits per heavy atom. The van der Waals surface area contributed by atoms with Gasteiger partial charge >= 0.3 is 0 Å². The molecule has 3 aromatic rings. The summed E-state index contributed by atoms with van der Waals surface area (Å²) in [6.07, 6.45) is 2.16. The summed E-state index contributed by atoms with van der Waals surface area (Å²) in [6.45, 7) is 5.15. The first-order valence-corrected chi connectivity index (χ1v) is 9.22. The van der Waals surface area contributed by atoms with Crippen LogP contribution in [0.1, 0.15) is 25.0 Å². The van der Waals surface area contributed by atoms with Gasteiger partial charge in [-0.25, -0.2) is 4.98 Å². The van der Waals surface area contributed by atoms with Gasteiger partial charge in [-0.2, -0.15) is 0 Å². The van der Waals surface area contributed by atoms with E-state index < -0.39 is 0 Å². The van der Waals surface area contributed by atoms with Crippen LogP contribution in [0, 0.1) is 0 Å². The second kappa shape index (κ2) is 8.99. The number of carbonyl (C=O) groups is 1. The molecule has 0 saturated heterocycles. The first-order valence-electron chi connectivity index (χ1n) is 9.22. The van der Waals surface area contributed by atoms with Crippen molar-refractivity contribution < 1.29 is 4.79 Å². The van der Waals surface area contributed by atoms with E-state index in [0.29, 0.717) is 18.3 Å². The monoisotopic (exact) mass is 359 g/mol. The quantitative estimate of drug-likeness (QED) is 0.666. The smallest absolute Gasteiger partial charge is 0.229 e. The van der Waals surface area contributed by atoms with Crippen LogP contribution in [0.3, 0.4) is 0 Å². The van der Waals surface area contributed by atoms with Crippen LogP contribution < -0.4 is 10.2 Å². The summed E-state index contributed by atoms with van der Waals surface area (Å²) in [5.74, 6) is 0.509. The molecule has 0 aliphatic rings. The van der Waals surface area contributed by atoms with Gasteiger partial charge in [0.05, 0.1) is 18.3 Å². The highest BCUT2D eigenvalue weighted by Gasteiger charge is 2.12. The third kappa shape index (κ3) is 5.42. The number of aromatic nitrogens is 1. The Balaban J connectivity index is 1.65. The molecule has 0 spiro atoms. The Kier molecular flexibility index (Phi) is 6.21. The van der Waals surface area contributed by atoms with Gasteiger partial charge in [0.15, 0.2) is 0 Å². The number of hydrogen-bond donors (Lipinski definition) is 1. The summed E-state index contributed by atoms with van der Waals surface area (Å²) in [5.41, 5.74) is 3.28. The van der Waals surface area contributed by atoms with E-state index in [1.54, 1.807) is 0 Å². The van der Waals surface area contributed by atoms with Gasteiger partial charge in [-0.15, -0.1) is 0 Å². The maximum Gasteiger partial charge on any atom is 0.229 e. The fraction of sp³-hybridized carbons (Fsp3) is 0.217. The predicted octanol–water partition coefficient (Wildman–Crippen LogP) is 4.68. The number of carbonyl (C=O) groups excluding carboxylic acids is 1. The largest absolute Gasteiger partial charge is 0.364 e. The number of amides is 1. The van der Waals surface area contributed by atoms with Crippen LogP contribution in [-0.2, 0) is 17.8 Å². The number of nitrogens with zero attached hydrogens (tertiary/aromatic N) is 2. The van der Waals surface area contributed by atoms with E-state index in [2.05, 4.69) is 53.3 Å². The lowest BCUT2D eigenvalue weighted by molar-refractivity contribution is -0.115. The maximum absolute atomic E-state index is 12.2. The number of nitrogens with one attached hydrogen (secondary N) is 1. The first kappa shape index (κ1) is 18.6. The molecule has 1 amide bonds. The van der Waals surface area contributed by atoms with E-state index in [1.165, 1.54) is 5.56 Å². The molecule has 0 aliphatic carbocycles. The van der Waals surface area contributed by atoms with Gasteiger partial charge in [-0.05, 0) is 37.1 Å². The van der Waals surface area contributed by atoms with E-state index in [4.69, 9.17) is 0 Å². The average molecular weight is 359 g/mol. The molecule has 1 N–H and O–H groups in total. The Hall–Kier alpha value is -3.14. The lowest BCUT2D eigenvalue weighted by atomic mass is 10.1. The molecule has 0 fully saturated rings. The molecule has 0 saturated carbocycles. The fourth-order valence-corrected chi connectivity index (χ4v) is 2.95. The van der Waals surface area contributed by atoms with Crippen molar-refractivity contribution in [2.24, 2.45) is 0 Å². The second-order valence-electron chi connectivity index (χ2n) is 6.82. The molecule has 0 aliphatic heterocycles. The van der Waals surface area contributed by atoms with E-state index in [-0.39, 0.29) is 5.91 Å². The maximum atomic E-state index is 12.2. The molecule has 4 nitrogen and oxygen atoms in total. The molecule has 0 unspecified atom stereocenters. The van der Waals surface area contributed by atoms with E-state index in [9.17, 15) is 4.79 Å². The predicted molar refractivity (Wildman–Crippen MR) is 111 cm³/mol. The molecule has 0 bridgehead atoms. The van der Waals surface area contributed by atoms with Crippen molar-refractivity contribution >= 4 is 17.4 Å². The highest BCUT2D eigenvalue weighted by Crippen LogP contribution is 2.20. The minimum atomic E-state index is -0.0635. The summed E-state index contributed by atoms with van der Waals surface area (Å²) in [7, 11) is 0. The highest BCUT2D eigenvalue weighted by molar-refractivity contribution is 5.91. The first-order chi connectivity index (χ1) is 13.1. The van der Waals surface area contributed by atoms with Gasteiger partial charge in [-0.1, -0.05) is 60.7 Å². The minimum Gasteiger partial charge on any atom is -0.364 e. The molecular formula is C23H25N3O. The average Bonchev–Trinajstić information content (AvgIpc) is 2.68. The Morgan fingerprint density at radius 1 is 0.926 bits per heavy atom. The summed E-state index contributed by atoms with van der Waals surface area (Å²) in [5, 5.41) is 2.87. The molecule has 0 atom stereocenters. The molecule has 4 heteroatoms. The fourth-order valence-electron chi connectivity index (χ4n) is 2.95. The Bertz CT molecular complexity index is 846. The summed E-state index contributed by atoms with van der Waals surface area (Å²) in [4.78, 5) is 18.9. The molecule has 3 rings (SSSR count). The third-order valence-corrected chi connectivity index (χ3v) is 4.37. The highest BCUT2D eigenvalue weighted by atomic mass is 16.1. The third-order valence-electron chi connectivity index (χ3n) is 4.37. The van der Waals surface area contributed by atoms with Crippen molar-refractivity contribution in [2.45, 2.75) is 32.9 Å². The molecular weight excluding hydrogens is 334 g/mol. The Labute approximate surface area is 160 Å². The van der Waals surface area contributed by atoms with Crippen molar-refractivity contribution in [1.29, 1.82) is 0 Å². The molecule has 1 aromatic heterocycles. The number of hydrogen-bond acceptors (Lipinski definition) is 3. The van der Waals surface area contributed by atoms with Gasteiger partial charge in [0.1, 0.15) is 5.82 Å². The van der Waals surface area contributed by atoms with Crippen LogP contribution in [0.15, 0.2) is 79.0 Å². The second-order valence-corrected chi connectivity index (χ2v) is 6.82. The van der Waals surface area contributed by atoms with Crippen LogP contribution in [0.25, 0.3) is 0 Å². The number of benzene rings is 2. The van der Waals surface area contributed by atoms with Crippen LogP contribution in [0.2, 0.25) is 0 Å². The van der Waals surface area contributed by atoms with Gasteiger partial charge in [-0.3, -0.25) is 4.79 Å². The zero-order chi connectivity index (χ0) is 19.1. The molecule has 2 aromatic carbocycles. The van der Waals surface area contributed by atoms with E-state index in [0.717, 1.165) is 17.8 Å². The summed E-state index contributed by atoms with van der Waals surface area (Å²) >= 11 is 0. The van der Waals surface area contributed by atoms with Crippen molar-refractivity contribution in [2.75, 3.05) is 10.2 Å². The zero-order valence-corrected chi connectivity index (χ0v) is 15.8. The molecule has 27 heavy (non-hydrogen) atoms. The van der Waals surface area contributed by atoms with Crippen LogP contribution >= 0.6 is 0 Å². The topological polar surface area (TPSA) is 45.2 Å². The van der Waals surface area contributed by atoms with Crippen molar-refractivity contribution in [3.05, 3.63) is 90.1 Å². The van der Waals surface area contributed by atoms with Gasteiger partial charge in [0.2, 0.25) is 5.91 Å². The van der Waals surface area contributed by atoms with Crippen LogP contribution in [-0.4, -0.2) is 16.9 Å². The van der Waals surface area contributed by atoms with Gasteiger partial charge < -0.3 is 10.2 Å². The number of anilines is 2. The van der Waals surface area contributed by atoms with Gasteiger partial charge in [0, 0.05) is 12.6 Å². The zero-order valence-electron chi connectivity index (χ0n) is 15.8. The summed E-state index contributed by atoms with van der Waals surface area (Å²) in [6, 6.07) is 24.3. The van der Waals surface area contributed by atoms with E-state index >= 15 is 0 Å². The standard InChI is InChI=1S/C23H25N3O/c1-18(2)26(17-20-11-7-4-8-12-20)21-13-14-22(24-16-21)25-23(27)15-19-9-5-3-6-10-19/h3-14,16,18H,15,17H2,1-2H3,(H,24,25,27). The lowest BCUT2D eigenvalue weighted by Crippen LogP contribution is -2.30. The SMILES string of the molecule is CC(C)N(Cc1ccccc1)c1ccc(NC(=O)Cc2ccccc2)nc1. The normalized spacial score (nSPS) is 10.6.